The number of rotatable bonds is 7. The van der Waals surface area contributed by atoms with Crippen LogP contribution in [0.15, 0.2) is 42.9 Å². The number of para-hydroxylation sites is 1. The average molecular weight is 325 g/mol. The van der Waals surface area contributed by atoms with Crippen molar-refractivity contribution in [2.45, 2.75) is 19.0 Å². The minimum absolute atomic E-state index is 0.392. The molecular weight excluding hydrogens is 306 g/mol. The van der Waals surface area contributed by atoms with E-state index in [0.29, 0.717) is 18.9 Å². The minimum Gasteiger partial charge on any atom is -0.480 e. The second-order valence-electron chi connectivity index (χ2n) is 5.50. The molecular formula is C17H19N5O2. The lowest BCUT2D eigenvalue weighted by molar-refractivity contribution is -0.139. The Balaban J connectivity index is 1.69. The number of carboxylic acid groups (broad SMARTS) is 1. The van der Waals surface area contributed by atoms with Gasteiger partial charge in [-0.3, -0.25) is 10.1 Å². The SMILES string of the molecule is CNc1ncc(CN[C@@H](Cc2c[nH]c3ccccc23)C(=O)O)cn1. The molecule has 0 aliphatic carbocycles. The van der Waals surface area contributed by atoms with Crippen molar-refractivity contribution in [1.29, 1.82) is 0 Å². The van der Waals surface area contributed by atoms with E-state index in [1.807, 2.05) is 30.5 Å². The summed E-state index contributed by atoms with van der Waals surface area (Å²) in [6, 6.07) is 7.18. The molecule has 3 aromatic rings. The zero-order valence-corrected chi connectivity index (χ0v) is 13.3. The quantitative estimate of drug-likeness (QED) is 0.528. The van der Waals surface area contributed by atoms with Crippen LogP contribution in [0.5, 0.6) is 0 Å². The number of carboxylic acids is 1. The van der Waals surface area contributed by atoms with Gasteiger partial charge in [0.25, 0.3) is 0 Å². The highest BCUT2D eigenvalue weighted by Gasteiger charge is 2.19. The van der Waals surface area contributed by atoms with Crippen molar-refractivity contribution in [3.63, 3.8) is 0 Å². The average Bonchev–Trinajstić information content (AvgIpc) is 3.02. The maximum Gasteiger partial charge on any atom is 0.321 e. The molecule has 0 aliphatic heterocycles. The third-order valence-electron chi connectivity index (χ3n) is 3.88. The number of hydrogen-bond donors (Lipinski definition) is 4. The maximum atomic E-state index is 11.6. The molecule has 124 valence electrons. The number of nitrogens with one attached hydrogen (secondary N) is 3. The molecule has 2 heterocycles. The Kier molecular flexibility index (Phi) is 4.72. The van der Waals surface area contributed by atoms with Crippen LogP contribution >= 0.6 is 0 Å². The van der Waals surface area contributed by atoms with Gasteiger partial charge in [0.2, 0.25) is 5.95 Å². The number of aromatic amines is 1. The molecule has 4 N–H and O–H groups in total. The highest BCUT2D eigenvalue weighted by molar-refractivity contribution is 5.84. The van der Waals surface area contributed by atoms with Gasteiger partial charge in [-0.25, -0.2) is 9.97 Å². The zero-order valence-electron chi connectivity index (χ0n) is 13.3. The second-order valence-corrected chi connectivity index (χ2v) is 5.50. The number of benzene rings is 1. The van der Waals surface area contributed by atoms with Crippen LogP contribution in [0.2, 0.25) is 0 Å². The molecule has 0 saturated heterocycles. The van der Waals surface area contributed by atoms with E-state index in [9.17, 15) is 9.90 Å². The van der Waals surface area contributed by atoms with E-state index >= 15 is 0 Å². The number of nitrogens with zero attached hydrogens (tertiary/aromatic N) is 2. The second kappa shape index (κ2) is 7.10. The molecule has 2 aromatic heterocycles. The summed E-state index contributed by atoms with van der Waals surface area (Å²) in [7, 11) is 1.74. The van der Waals surface area contributed by atoms with Crippen molar-refractivity contribution in [1.82, 2.24) is 20.3 Å². The van der Waals surface area contributed by atoms with Gasteiger partial charge in [0.05, 0.1) is 0 Å². The summed E-state index contributed by atoms with van der Waals surface area (Å²) in [6.45, 7) is 0.392. The first kappa shape index (κ1) is 15.9. The predicted molar refractivity (Wildman–Crippen MR) is 91.8 cm³/mol. The van der Waals surface area contributed by atoms with Crippen molar-refractivity contribution >= 4 is 22.8 Å². The van der Waals surface area contributed by atoms with Crippen molar-refractivity contribution in [3.05, 3.63) is 54.0 Å². The monoisotopic (exact) mass is 325 g/mol. The summed E-state index contributed by atoms with van der Waals surface area (Å²) >= 11 is 0. The molecule has 0 radical (unpaired) electrons. The van der Waals surface area contributed by atoms with Gasteiger partial charge in [-0.2, -0.15) is 0 Å². The van der Waals surface area contributed by atoms with Crippen LogP contribution in [0.1, 0.15) is 11.1 Å². The molecule has 7 nitrogen and oxygen atoms in total. The number of carbonyl (C=O) groups is 1. The first-order valence-corrected chi connectivity index (χ1v) is 7.67. The molecule has 24 heavy (non-hydrogen) atoms. The Morgan fingerprint density at radius 3 is 2.75 bits per heavy atom. The first-order chi connectivity index (χ1) is 11.7. The van der Waals surface area contributed by atoms with Gasteiger partial charge in [0, 0.05) is 55.1 Å². The summed E-state index contributed by atoms with van der Waals surface area (Å²) < 4.78 is 0. The smallest absolute Gasteiger partial charge is 0.321 e. The zero-order chi connectivity index (χ0) is 16.9. The summed E-state index contributed by atoms with van der Waals surface area (Å²) in [5.74, 6) is -0.347. The van der Waals surface area contributed by atoms with Crippen LogP contribution in [0.4, 0.5) is 5.95 Å². The molecule has 0 spiro atoms. The Hall–Kier alpha value is -2.93. The number of aliphatic carboxylic acids is 1. The molecule has 1 aromatic carbocycles. The summed E-state index contributed by atoms with van der Waals surface area (Å²) in [4.78, 5) is 23.0. The van der Waals surface area contributed by atoms with Crippen molar-refractivity contribution < 1.29 is 9.90 Å². The van der Waals surface area contributed by atoms with Crippen LogP contribution in [-0.2, 0) is 17.8 Å². The van der Waals surface area contributed by atoms with Crippen LogP contribution in [0, 0.1) is 0 Å². The Labute approximate surface area is 139 Å². The molecule has 0 aliphatic rings. The van der Waals surface area contributed by atoms with E-state index < -0.39 is 12.0 Å². The number of H-pyrrole nitrogens is 1. The summed E-state index contributed by atoms with van der Waals surface area (Å²) in [5, 5.41) is 16.4. The fourth-order valence-corrected chi connectivity index (χ4v) is 2.58. The Morgan fingerprint density at radius 2 is 2.04 bits per heavy atom. The van der Waals surface area contributed by atoms with E-state index in [2.05, 4.69) is 25.6 Å². The number of aromatic nitrogens is 3. The molecule has 0 amide bonds. The summed E-state index contributed by atoms with van der Waals surface area (Å²) in [6.07, 6.45) is 5.62. The minimum atomic E-state index is -0.881. The van der Waals surface area contributed by atoms with Gasteiger partial charge < -0.3 is 15.4 Å². The largest absolute Gasteiger partial charge is 0.480 e. The van der Waals surface area contributed by atoms with Crippen molar-refractivity contribution in [2.75, 3.05) is 12.4 Å². The number of fused-ring (bicyclic) bond motifs is 1. The van der Waals surface area contributed by atoms with E-state index in [-0.39, 0.29) is 0 Å². The third-order valence-corrected chi connectivity index (χ3v) is 3.88. The lowest BCUT2D eigenvalue weighted by atomic mass is 10.0. The maximum absolute atomic E-state index is 11.6. The van der Waals surface area contributed by atoms with Gasteiger partial charge in [0.1, 0.15) is 6.04 Å². The summed E-state index contributed by atoms with van der Waals surface area (Å²) in [5.41, 5.74) is 2.82. The van der Waals surface area contributed by atoms with E-state index in [4.69, 9.17) is 0 Å². The molecule has 0 saturated carbocycles. The molecule has 1 atom stereocenters. The third kappa shape index (κ3) is 3.52. The lowest BCUT2D eigenvalue weighted by Crippen LogP contribution is -2.38. The molecule has 7 heteroatoms. The Morgan fingerprint density at radius 1 is 1.29 bits per heavy atom. The number of anilines is 1. The van der Waals surface area contributed by atoms with Crippen molar-refractivity contribution in [3.8, 4) is 0 Å². The molecule has 0 unspecified atom stereocenters. The fraction of sp³-hybridized carbons (Fsp3) is 0.235. The highest BCUT2D eigenvalue weighted by atomic mass is 16.4. The normalized spacial score (nSPS) is 12.2. The van der Waals surface area contributed by atoms with Gasteiger partial charge in [-0.15, -0.1) is 0 Å². The highest BCUT2D eigenvalue weighted by Crippen LogP contribution is 2.19. The van der Waals surface area contributed by atoms with Gasteiger partial charge in [-0.1, -0.05) is 18.2 Å². The van der Waals surface area contributed by atoms with Crippen LogP contribution in [-0.4, -0.2) is 39.1 Å². The standard InChI is InChI=1S/C17H19N5O2/c1-18-17-21-8-11(9-22-17)7-19-15(16(23)24)6-12-10-20-14-5-3-2-4-13(12)14/h2-5,8-10,15,19-20H,6-7H2,1H3,(H,23,24)(H,18,21,22)/t15-/m0/s1. The van der Waals surface area contributed by atoms with Gasteiger partial charge >= 0.3 is 5.97 Å². The van der Waals surface area contributed by atoms with E-state index in [0.717, 1.165) is 22.0 Å². The van der Waals surface area contributed by atoms with Gasteiger partial charge in [-0.05, 0) is 11.6 Å². The predicted octanol–water partition coefficient (Wildman–Crippen LogP) is 1.79. The Bertz CT molecular complexity index is 828. The van der Waals surface area contributed by atoms with E-state index in [1.165, 1.54) is 0 Å². The van der Waals surface area contributed by atoms with Gasteiger partial charge in [0.15, 0.2) is 0 Å². The number of hydrogen-bond acceptors (Lipinski definition) is 5. The topological polar surface area (TPSA) is 103 Å². The molecule has 0 fully saturated rings. The fourth-order valence-electron chi connectivity index (χ4n) is 2.58. The van der Waals surface area contributed by atoms with E-state index in [1.54, 1.807) is 19.4 Å². The van der Waals surface area contributed by atoms with Crippen LogP contribution in [0.3, 0.4) is 0 Å². The first-order valence-electron chi connectivity index (χ1n) is 7.67. The molecule has 0 bridgehead atoms. The van der Waals surface area contributed by atoms with Crippen LogP contribution in [0.25, 0.3) is 10.9 Å². The van der Waals surface area contributed by atoms with Crippen molar-refractivity contribution in [2.24, 2.45) is 0 Å². The lowest BCUT2D eigenvalue weighted by Gasteiger charge is -2.14. The van der Waals surface area contributed by atoms with Crippen LogP contribution < -0.4 is 10.6 Å². The molecule has 3 rings (SSSR count).